The average molecular weight is 326 g/mol. The Morgan fingerprint density at radius 3 is 1.76 bits per heavy atom. The van der Waals surface area contributed by atoms with Crippen LogP contribution in [0.2, 0.25) is 0 Å². The number of alkyl halides is 7. The van der Waals surface area contributed by atoms with Crippen LogP contribution in [0, 0.1) is 0 Å². The first-order valence-corrected chi connectivity index (χ1v) is 5.36. The van der Waals surface area contributed by atoms with Gasteiger partial charge in [-0.25, -0.2) is 13.6 Å². The minimum atomic E-state index is -6.36. The first kappa shape index (κ1) is 19.7. The predicted octanol–water partition coefficient (Wildman–Crippen LogP) is 3.08. The van der Waals surface area contributed by atoms with Crippen LogP contribution in [-0.2, 0) is 9.53 Å². The molecule has 0 amide bonds. The molecule has 0 fully saturated rings. The lowest BCUT2D eigenvalue weighted by Crippen LogP contribution is -2.71. The Kier molecular flexibility index (Phi) is 5.12. The van der Waals surface area contributed by atoms with Crippen LogP contribution in [0.1, 0.15) is 20.8 Å². The molecule has 0 aliphatic heterocycles. The first-order chi connectivity index (χ1) is 9.02. The van der Waals surface area contributed by atoms with Crippen molar-refractivity contribution in [2.45, 2.75) is 50.5 Å². The van der Waals surface area contributed by atoms with Crippen molar-refractivity contribution >= 4 is 5.97 Å². The molecule has 0 radical (unpaired) electrons. The largest absolute Gasteiger partial charge is 0.450 e. The summed E-state index contributed by atoms with van der Waals surface area (Å²) in [5.74, 6) is -7.05. The number of ether oxygens (including phenoxy) is 1. The smallest absolute Gasteiger partial charge is 0.429 e. The fourth-order valence-electron chi connectivity index (χ4n) is 1.28. The Bertz CT molecular complexity index is 428. The van der Waals surface area contributed by atoms with Gasteiger partial charge in [-0.3, -0.25) is 0 Å². The fraction of sp³-hybridized carbons (Fsp3) is 0.727. The molecular formula is C11H13F7O3. The van der Waals surface area contributed by atoms with Gasteiger partial charge in [-0.15, -0.1) is 0 Å². The van der Waals surface area contributed by atoms with E-state index < -0.39 is 41.3 Å². The molecule has 124 valence electrons. The summed E-state index contributed by atoms with van der Waals surface area (Å²) in [5, 5.41) is 8.90. The van der Waals surface area contributed by atoms with Crippen molar-refractivity contribution in [1.29, 1.82) is 0 Å². The third-order valence-electron chi connectivity index (χ3n) is 2.68. The molecule has 3 nitrogen and oxygen atoms in total. The second-order valence-electron chi connectivity index (χ2n) is 4.82. The molecule has 1 unspecified atom stereocenters. The highest BCUT2D eigenvalue weighted by atomic mass is 19.4. The summed E-state index contributed by atoms with van der Waals surface area (Å²) in [7, 11) is 0. The lowest BCUT2D eigenvalue weighted by molar-refractivity contribution is -0.391. The van der Waals surface area contributed by atoms with Crippen LogP contribution < -0.4 is 0 Å². The quantitative estimate of drug-likeness (QED) is 0.480. The maximum Gasteiger partial charge on any atom is 0.429 e. The van der Waals surface area contributed by atoms with Crippen LogP contribution in [0.3, 0.4) is 0 Å². The van der Waals surface area contributed by atoms with Crippen LogP contribution in [0.15, 0.2) is 12.2 Å². The summed E-state index contributed by atoms with van der Waals surface area (Å²) in [6.45, 7) is 4.57. The molecule has 0 aromatic heterocycles. The van der Waals surface area contributed by atoms with Crippen LogP contribution in [0.4, 0.5) is 30.7 Å². The Labute approximate surface area is 115 Å². The lowest BCUT2D eigenvalue weighted by atomic mass is 9.83. The summed E-state index contributed by atoms with van der Waals surface area (Å²) in [6.07, 6.45) is -11.2. The summed E-state index contributed by atoms with van der Waals surface area (Å²) in [6, 6.07) is 0. The van der Waals surface area contributed by atoms with Crippen molar-refractivity contribution in [1.82, 2.24) is 0 Å². The number of carbonyl (C=O) groups is 1. The zero-order chi connectivity index (χ0) is 17.4. The van der Waals surface area contributed by atoms with Gasteiger partial charge in [0.05, 0.1) is 0 Å². The molecule has 0 aliphatic rings. The van der Waals surface area contributed by atoms with Gasteiger partial charge in [0.15, 0.2) is 5.60 Å². The summed E-state index contributed by atoms with van der Waals surface area (Å²) < 4.78 is 94.3. The van der Waals surface area contributed by atoms with E-state index in [1.54, 1.807) is 0 Å². The molecule has 10 heteroatoms. The van der Waals surface area contributed by atoms with Gasteiger partial charge in [0.2, 0.25) is 0 Å². The Morgan fingerprint density at radius 1 is 1.14 bits per heavy atom. The molecule has 0 aromatic carbocycles. The number of carbonyl (C=O) groups excluding carboxylic acids is 1. The number of halogens is 7. The minimum absolute atomic E-state index is 0.271. The third-order valence-corrected chi connectivity index (χ3v) is 2.68. The number of hydrogen-bond acceptors (Lipinski definition) is 3. The molecule has 1 atom stereocenters. The van der Waals surface area contributed by atoms with Gasteiger partial charge in [-0.1, -0.05) is 6.58 Å². The van der Waals surface area contributed by atoms with Gasteiger partial charge in [-0.05, 0) is 20.8 Å². The van der Waals surface area contributed by atoms with E-state index in [0.717, 1.165) is 6.92 Å². The summed E-state index contributed by atoms with van der Waals surface area (Å²) >= 11 is 0. The Hall–Kier alpha value is -1.32. The second-order valence-corrected chi connectivity index (χ2v) is 4.82. The van der Waals surface area contributed by atoms with E-state index in [9.17, 15) is 35.5 Å². The second kappa shape index (κ2) is 5.47. The van der Waals surface area contributed by atoms with Crippen LogP contribution >= 0.6 is 0 Å². The van der Waals surface area contributed by atoms with Crippen molar-refractivity contribution in [3.05, 3.63) is 12.2 Å². The number of rotatable bonds is 5. The fourth-order valence-corrected chi connectivity index (χ4v) is 1.28. The van der Waals surface area contributed by atoms with Crippen molar-refractivity contribution in [3.8, 4) is 0 Å². The van der Waals surface area contributed by atoms with E-state index in [2.05, 4.69) is 11.3 Å². The van der Waals surface area contributed by atoms with Crippen molar-refractivity contribution in [2.24, 2.45) is 0 Å². The highest BCUT2D eigenvalue weighted by Crippen LogP contribution is 2.51. The van der Waals surface area contributed by atoms with Crippen LogP contribution in [0.5, 0.6) is 0 Å². The number of esters is 1. The molecule has 1 N–H and O–H groups in total. The Balaban J connectivity index is 5.91. The van der Waals surface area contributed by atoms with E-state index in [-0.39, 0.29) is 13.8 Å². The van der Waals surface area contributed by atoms with Gasteiger partial charge in [0.1, 0.15) is 0 Å². The summed E-state index contributed by atoms with van der Waals surface area (Å²) in [5.41, 5.74) is -9.49. The molecule has 0 saturated heterocycles. The number of aliphatic hydroxyl groups is 1. The molecule has 0 spiro atoms. The molecule has 0 saturated carbocycles. The first-order valence-electron chi connectivity index (χ1n) is 5.36. The highest BCUT2D eigenvalue weighted by molar-refractivity contribution is 5.87. The van der Waals surface area contributed by atoms with Gasteiger partial charge in [-0.2, -0.15) is 22.0 Å². The minimum Gasteiger partial charge on any atom is -0.450 e. The maximum atomic E-state index is 13.9. The van der Waals surface area contributed by atoms with Crippen molar-refractivity contribution < 1.29 is 45.4 Å². The van der Waals surface area contributed by atoms with E-state index in [4.69, 9.17) is 5.11 Å². The molecule has 0 aromatic rings. The van der Waals surface area contributed by atoms with Gasteiger partial charge >= 0.3 is 18.1 Å². The molecule has 0 aliphatic carbocycles. The molecule has 21 heavy (non-hydrogen) atoms. The van der Waals surface area contributed by atoms with E-state index in [0.29, 0.717) is 0 Å². The molecule has 0 bridgehead atoms. The maximum absolute atomic E-state index is 13.9. The van der Waals surface area contributed by atoms with E-state index in [1.165, 1.54) is 0 Å². The summed E-state index contributed by atoms with van der Waals surface area (Å²) in [4.78, 5) is 11.1. The van der Waals surface area contributed by atoms with Crippen LogP contribution in [0.25, 0.3) is 0 Å². The standard InChI is InChI=1S/C11H13F7O3/c1-5(2)6(19)21-8(3,4)10(14,15)9(20,7(12)13)11(16,17)18/h7,20H,1H2,2-4H3. The van der Waals surface area contributed by atoms with Crippen LogP contribution in [-0.4, -0.2) is 40.8 Å². The van der Waals surface area contributed by atoms with Gasteiger partial charge < -0.3 is 9.84 Å². The zero-order valence-corrected chi connectivity index (χ0v) is 11.2. The monoisotopic (exact) mass is 326 g/mol. The number of hydrogen-bond donors (Lipinski definition) is 1. The molecule has 0 heterocycles. The normalized spacial score (nSPS) is 16.6. The topological polar surface area (TPSA) is 46.5 Å². The lowest BCUT2D eigenvalue weighted by Gasteiger charge is -2.43. The molecule has 0 rings (SSSR count). The zero-order valence-electron chi connectivity index (χ0n) is 11.2. The van der Waals surface area contributed by atoms with Gasteiger partial charge in [0, 0.05) is 5.57 Å². The van der Waals surface area contributed by atoms with Gasteiger partial charge in [0.25, 0.3) is 12.0 Å². The Morgan fingerprint density at radius 2 is 1.52 bits per heavy atom. The van der Waals surface area contributed by atoms with Crippen molar-refractivity contribution in [2.75, 3.05) is 0 Å². The SMILES string of the molecule is C=C(C)C(=O)OC(C)(C)C(F)(F)C(O)(C(F)F)C(F)(F)F. The van der Waals surface area contributed by atoms with Crippen molar-refractivity contribution in [3.63, 3.8) is 0 Å². The van der Waals surface area contributed by atoms with E-state index in [1.807, 2.05) is 0 Å². The van der Waals surface area contributed by atoms with E-state index >= 15 is 0 Å². The predicted molar refractivity (Wildman–Crippen MR) is 56.9 cm³/mol. The average Bonchev–Trinajstić information content (AvgIpc) is 2.24. The molecular weight excluding hydrogens is 313 g/mol. The third kappa shape index (κ3) is 3.14. The highest BCUT2D eigenvalue weighted by Gasteiger charge is 2.79.